The van der Waals surface area contributed by atoms with Crippen molar-refractivity contribution in [3.05, 3.63) is 17.5 Å². The summed E-state index contributed by atoms with van der Waals surface area (Å²) < 4.78 is 5.42. The lowest BCUT2D eigenvalue weighted by molar-refractivity contribution is 0.121. The molecule has 0 spiro atoms. The minimum absolute atomic E-state index is 0.218. The van der Waals surface area contributed by atoms with E-state index in [1.807, 2.05) is 6.92 Å². The van der Waals surface area contributed by atoms with Crippen LogP contribution in [-0.2, 0) is 4.74 Å². The Hall–Kier alpha value is -0.870. The Morgan fingerprint density at radius 3 is 3.07 bits per heavy atom. The zero-order chi connectivity index (χ0) is 9.97. The summed E-state index contributed by atoms with van der Waals surface area (Å²) in [7, 11) is 0. The van der Waals surface area contributed by atoms with E-state index in [1.54, 1.807) is 6.20 Å². The average Bonchev–Trinajstić information content (AvgIpc) is 2.52. The number of nitrogens with one attached hydrogen (secondary N) is 1. The highest BCUT2D eigenvalue weighted by molar-refractivity contribution is 6.29. The number of aromatic nitrogens is 2. The maximum absolute atomic E-state index is 5.72. The van der Waals surface area contributed by atoms with Crippen LogP contribution in [-0.4, -0.2) is 28.7 Å². The Morgan fingerprint density at radius 1 is 1.57 bits per heavy atom. The van der Waals surface area contributed by atoms with Crippen molar-refractivity contribution in [2.24, 2.45) is 0 Å². The second-order valence-electron chi connectivity index (χ2n) is 3.34. The van der Waals surface area contributed by atoms with E-state index in [0.717, 1.165) is 13.0 Å². The molecule has 1 aromatic rings. The maximum atomic E-state index is 5.72. The minimum atomic E-state index is 0.218. The van der Waals surface area contributed by atoms with E-state index >= 15 is 0 Å². The van der Waals surface area contributed by atoms with E-state index in [-0.39, 0.29) is 6.10 Å². The van der Waals surface area contributed by atoms with Gasteiger partial charge in [-0.2, -0.15) is 0 Å². The summed E-state index contributed by atoms with van der Waals surface area (Å²) in [6.07, 6.45) is 4.39. The lowest BCUT2D eigenvalue weighted by Gasteiger charge is -2.16. The first-order chi connectivity index (χ1) is 6.75. The molecule has 0 unspecified atom stereocenters. The number of nitrogens with zero attached hydrogens (tertiary/aromatic N) is 2. The molecular weight excluding hydrogens is 202 g/mol. The molecule has 76 valence electrons. The summed E-state index contributed by atoms with van der Waals surface area (Å²) in [5.74, 6) is 0.708. The number of halogens is 1. The third kappa shape index (κ3) is 2.13. The summed E-state index contributed by atoms with van der Waals surface area (Å²) in [4.78, 5) is 8.06. The van der Waals surface area contributed by atoms with Crippen LogP contribution >= 0.6 is 11.6 Å². The number of hydrogen-bond acceptors (Lipinski definition) is 4. The van der Waals surface area contributed by atoms with Crippen molar-refractivity contribution in [3.8, 4) is 0 Å². The summed E-state index contributed by atoms with van der Waals surface area (Å²) >= 11 is 5.72. The lowest BCUT2D eigenvalue weighted by atomic mass is 10.1. The van der Waals surface area contributed by atoms with Crippen molar-refractivity contribution >= 4 is 17.4 Å². The van der Waals surface area contributed by atoms with Gasteiger partial charge in [0.1, 0.15) is 11.0 Å². The van der Waals surface area contributed by atoms with Gasteiger partial charge in [-0.25, -0.2) is 4.98 Å². The SMILES string of the molecule is C[C@H]1OCC[C@H]1Nc1cncc(Cl)n1. The molecule has 2 atom stereocenters. The molecule has 0 aromatic carbocycles. The molecule has 1 aromatic heterocycles. The molecular formula is C9H12ClN3O. The Labute approximate surface area is 87.7 Å². The van der Waals surface area contributed by atoms with Crippen LogP contribution in [0.5, 0.6) is 0 Å². The van der Waals surface area contributed by atoms with Gasteiger partial charge >= 0.3 is 0 Å². The first kappa shape index (κ1) is 9.68. The molecule has 1 N–H and O–H groups in total. The highest BCUT2D eigenvalue weighted by Crippen LogP contribution is 2.17. The molecule has 4 nitrogen and oxygen atoms in total. The highest BCUT2D eigenvalue weighted by Gasteiger charge is 2.24. The third-order valence-corrected chi connectivity index (χ3v) is 2.50. The van der Waals surface area contributed by atoms with Gasteiger partial charge < -0.3 is 10.1 Å². The van der Waals surface area contributed by atoms with Gasteiger partial charge in [0.05, 0.1) is 24.5 Å². The predicted octanol–water partition coefficient (Wildman–Crippen LogP) is 1.72. The third-order valence-electron chi connectivity index (χ3n) is 2.31. The fraction of sp³-hybridized carbons (Fsp3) is 0.556. The second kappa shape index (κ2) is 4.11. The Morgan fingerprint density at radius 2 is 2.43 bits per heavy atom. The van der Waals surface area contributed by atoms with Crippen molar-refractivity contribution in [1.82, 2.24) is 9.97 Å². The number of hydrogen-bond donors (Lipinski definition) is 1. The van der Waals surface area contributed by atoms with E-state index in [0.29, 0.717) is 17.0 Å². The van der Waals surface area contributed by atoms with Gasteiger partial charge in [0.2, 0.25) is 0 Å². The topological polar surface area (TPSA) is 47.0 Å². The normalized spacial score (nSPS) is 26.4. The van der Waals surface area contributed by atoms with Crippen LogP contribution in [0.15, 0.2) is 12.4 Å². The molecule has 1 aliphatic rings. The van der Waals surface area contributed by atoms with Crippen molar-refractivity contribution in [2.75, 3.05) is 11.9 Å². The summed E-state index contributed by atoms with van der Waals surface area (Å²) in [6.45, 7) is 2.84. The zero-order valence-corrected chi connectivity index (χ0v) is 8.66. The first-order valence-corrected chi connectivity index (χ1v) is 4.99. The summed E-state index contributed by atoms with van der Waals surface area (Å²) in [5.41, 5.74) is 0. The van der Waals surface area contributed by atoms with Gasteiger partial charge in [0, 0.05) is 6.61 Å². The molecule has 2 heterocycles. The van der Waals surface area contributed by atoms with Crippen LogP contribution in [0.1, 0.15) is 13.3 Å². The molecule has 1 saturated heterocycles. The quantitative estimate of drug-likeness (QED) is 0.813. The van der Waals surface area contributed by atoms with Crippen LogP contribution < -0.4 is 5.32 Å². The molecule has 0 saturated carbocycles. The van der Waals surface area contributed by atoms with Crippen molar-refractivity contribution in [3.63, 3.8) is 0 Å². The maximum Gasteiger partial charge on any atom is 0.149 e. The van der Waals surface area contributed by atoms with Crippen LogP contribution in [0.4, 0.5) is 5.82 Å². The molecule has 2 rings (SSSR count). The van der Waals surface area contributed by atoms with Crippen molar-refractivity contribution < 1.29 is 4.74 Å². The molecule has 0 radical (unpaired) electrons. The van der Waals surface area contributed by atoms with Gasteiger partial charge in [-0.1, -0.05) is 11.6 Å². The molecule has 0 amide bonds. The average molecular weight is 214 g/mol. The largest absolute Gasteiger partial charge is 0.376 e. The van der Waals surface area contributed by atoms with Crippen LogP contribution in [0.25, 0.3) is 0 Å². The number of ether oxygens (including phenoxy) is 1. The van der Waals surface area contributed by atoms with Crippen LogP contribution in [0.3, 0.4) is 0 Å². The van der Waals surface area contributed by atoms with E-state index < -0.39 is 0 Å². The summed E-state index contributed by atoms with van der Waals surface area (Å²) in [5, 5.41) is 3.65. The van der Waals surface area contributed by atoms with E-state index in [9.17, 15) is 0 Å². The molecule has 5 heteroatoms. The van der Waals surface area contributed by atoms with Crippen molar-refractivity contribution in [2.45, 2.75) is 25.5 Å². The fourth-order valence-corrected chi connectivity index (χ4v) is 1.67. The highest BCUT2D eigenvalue weighted by atomic mass is 35.5. The molecule has 1 fully saturated rings. The van der Waals surface area contributed by atoms with Gasteiger partial charge in [0.15, 0.2) is 0 Å². The fourth-order valence-electron chi connectivity index (χ4n) is 1.52. The van der Waals surface area contributed by atoms with Gasteiger partial charge in [-0.15, -0.1) is 0 Å². The Balaban J connectivity index is 2.03. The van der Waals surface area contributed by atoms with Gasteiger partial charge in [-0.3, -0.25) is 4.98 Å². The minimum Gasteiger partial charge on any atom is -0.376 e. The van der Waals surface area contributed by atoms with Gasteiger partial charge in [0.25, 0.3) is 0 Å². The van der Waals surface area contributed by atoms with Crippen molar-refractivity contribution in [1.29, 1.82) is 0 Å². The number of anilines is 1. The Bertz CT molecular complexity index is 321. The standard InChI is InChI=1S/C9H12ClN3O/c1-6-7(2-3-14-6)12-9-5-11-4-8(10)13-9/h4-7H,2-3H2,1H3,(H,12,13)/t6-,7-/m1/s1. The lowest BCUT2D eigenvalue weighted by Crippen LogP contribution is -2.27. The predicted molar refractivity (Wildman–Crippen MR) is 54.5 cm³/mol. The molecule has 0 bridgehead atoms. The smallest absolute Gasteiger partial charge is 0.149 e. The monoisotopic (exact) mass is 213 g/mol. The Kier molecular flexibility index (Phi) is 2.84. The van der Waals surface area contributed by atoms with Crippen LogP contribution in [0, 0.1) is 0 Å². The first-order valence-electron chi connectivity index (χ1n) is 4.61. The molecule has 1 aliphatic heterocycles. The van der Waals surface area contributed by atoms with Gasteiger partial charge in [-0.05, 0) is 13.3 Å². The molecule has 14 heavy (non-hydrogen) atoms. The summed E-state index contributed by atoms with van der Waals surface area (Å²) in [6, 6.07) is 0.308. The van der Waals surface area contributed by atoms with Crippen LogP contribution in [0.2, 0.25) is 5.15 Å². The number of rotatable bonds is 2. The van der Waals surface area contributed by atoms with E-state index in [1.165, 1.54) is 6.20 Å². The molecule has 0 aliphatic carbocycles. The van der Waals surface area contributed by atoms with E-state index in [4.69, 9.17) is 16.3 Å². The second-order valence-corrected chi connectivity index (χ2v) is 3.73. The zero-order valence-electron chi connectivity index (χ0n) is 7.90. The van der Waals surface area contributed by atoms with E-state index in [2.05, 4.69) is 15.3 Å².